The Bertz CT molecular complexity index is 586. The van der Waals surface area contributed by atoms with E-state index in [1.165, 1.54) is 5.56 Å². The zero-order valence-electron chi connectivity index (χ0n) is 12.7. The van der Waals surface area contributed by atoms with E-state index in [2.05, 4.69) is 50.1 Å². The van der Waals surface area contributed by atoms with Crippen LogP contribution in [0.25, 0.3) is 0 Å². The van der Waals surface area contributed by atoms with Gasteiger partial charge in [0, 0.05) is 38.6 Å². The smallest absolute Gasteiger partial charge is 0.120 e. The van der Waals surface area contributed by atoms with Crippen LogP contribution in [0.15, 0.2) is 42.7 Å². The molecule has 116 valence electrons. The van der Waals surface area contributed by atoms with Crippen molar-refractivity contribution in [2.45, 2.75) is 25.2 Å². The molecule has 2 saturated heterocycles. The molecule has 0 unspecified atom stereocenters. The third kappa shape index (κ3) is 2.92. The molecule has 1 aromatic carbocycles. The van der Waals surface area contributed by atoms with Crippen LogP contribution in [0.4, 0.5) is 0 Å². The Morgan fingerprint density at radius 3 is 2.91 bits per heavy atom. The van der Waals surface area contributed by atoms with Crippen molar-refractivity contribution in [2.24, 2.45) is 0 Å². The minimum Gasteiger partial charge on any atom is -0.374 e. The van der Waals surface area contributed by atoms with Crippen LogP contribution in [0.1, 0.15) is 11.4 Å². The van der Waals surface area contributed by atoms with Crippen molar-refractivity contribution in [2.75, 3.05) is 26.2 Å². The van der Waals surface area contributed by atoms with E-state index in [0.717, 1.165) is 45.2 Å². The maximum atomic E-state index is 6.01. The second kappa shape index (κ2) is 6.20. The van der Waals surface area contributed by atoms with E-state index < -0.39 is 0 Å². The Kier molecular flexibility index (Phi) is 3.93. The number of morpholine rings is 1. The van der Waals surface area contributed by atoms with E-state index in [1.807, 2.05) is 12.4 Å². The summed E-state index contributed by atoms with van der Waals surface area (Å²) in [6.07, 6.45) is 4.03. The number of fused-ring (bicyclic) bond motifs is 1. The third-order valence-corrected chi connectivity index (χ3v) is 4.65. The van der Waals surface area contributed by atoms with Gasteiger partial charge in [-0.3, -0.25) is 9.80 Å². The van der Waals surface area contributed by atoms with Crippen LogP contribution in [0.2, 0.25) is 0 Å². The van der Waals surface area contributed by atoms with Gasteiger partial charge in [0.1, 0.15) is 5.82 Å². The number of likely N-dealkylation sites (tertiary alicyclic amines) is 1. The first-order valence-electron chi connectivity index (χ1n) is 7.99. The predicted octanol–water partition coefficient (Wildman–Crippen LogP) is 1.49. The number of imidazole rings is 1. The summed E-state index contributed by atoms with van der Waals surface area (Å²) in [7, 11) is 0. The third-order valence-electron chi connectivity index (χ3n) is 4.65. The lowest BCUT2D eigenvalue weighted by Crippen LogP contribution is -2.50. The van der Waals surface area contributed by atoms with Gasteiger partial charge in [0.15, 0.2) is 0 Å². The topological polar surface area (TPSA) is 44.4 Å². The highest BCUT2D eigenvalue weighted by atomic mass is 16.5. The Hall–Kier alpha value is -1.69. The molecule has 2 fully saturated rings. The van der Waals surface area contributed by atoms with E-state index in [9.17, 15) is 0 Å². The van der Waals surface area contributed by atoms with Crippen LogP contribution in [0, 0.1) is 0 Å². The van der Waals surface area contributed by atoms with E-state index in [-0.39, 0.29) is 0 Å². The fraction of sp³-hybridized carbons (Fsp3) is 0.471. The van der Waals surface area contributed by atoms with Gasteiger partial charge in [0.05, 0.1) is 25.3 Å². The van der Waals surface area contributed by atoms with Crippen molar-refractivity contribution < 1.29 is 4.74 Å². The first-order valence-corrected chi connectivity index (χ1v) is 7.99. The molecule has 0 bridgehead atoms. The summed E-state index contributed by atoms with van der Waals surface area (Å²) in [6, 6.07) is 11.2. The summed E-state index contributed by atoms with van der Waals surface area (Å²) in [5.41, 5.74) is 1.38. The number of ether oxygens (including phenoxy) is 1. The van der Waals surface area contributed by atoms with E-state index in [0.29, 0.717) is 12.1 Å². The molecule has 3 heterocycles. The predicted molar refractivity (Wildman–Crippen MR) is 84.2 cm³/mol. The molecule has 4 rings (SSSR count). The quantitative estimate of drug-likeness (QED) is 0.929. The molecular formula is C17H22N4O. The molecule has 1 N–H and O–H groups in total. The molecule has 0 radical (unpaired) electrons. The Morgan fingerprint density at radius 2 is 2.09 bits per heavy atom. The molecule has 2 atom stereocenters. The highest BCUT2D eigenvalue weighted by molar-refractivity contribution is 5.15. The summed E-state index contributed by atoms with van der Waals surface area (Å²) in [6.45, 7) is 5.80. The van der Waals surface area contributed by atoms with Crippen LogP contribution in [-0.4, -0.2) is 58.2 Å². The summed E-state index contributed by atoms with van der Waals surface area (Å²) in [5, 5.41) is 0. The summed E-state index contributed by atoms with van der Waals surface area (Å²) >= 11 is 0. The molecule has 0 saturated carbocycles. The zero-order chi connectivity index (χ0) is 14.8. The number of aromatic nitrogens is 2. The lowest BCUT2D eigenvalue weighted by atomic mass is 10.1. The number of hydrogen-bond donors (Lipinski definition) is 1. The number of rotatable bonds is 4. The number of nitrogens with one attached hydrogen (secondary N) is 1. The van der Waals surface area contributed by atoms with Gasteiger partial charge in [-0.15, -0.1) is 0 Å². The van der Waals surface area contributed by atoms with E-state index >= 15 is 0 Å². The first-order chi connectivity index (χ1) is 10.9. The summed E-state index contributed by atoms with van der Waals surface area (Å²) in [4.78, 5) is 12.5. The molecule has 1 aromatic heterocycles. The van der Waals surface area contributed by atoms with E-state index in [1.54, 1.807) is 0 Å². The average molecular weight is 298 g/mol. The Balaban J connectivity index is 1.42. The normalized spacial score (nSPS) is 26.2. The molecule has 5 nitrogen and oxygen atoms in total. The Labute approximate surface area is 130 Å². The van der Waals surface area contributed by atoms with Crippen LogP contribution < -0.4 is 0 Å². The minimum atomic E-state index is 0.326. The van der Waals surface area contributed by atoms with Crippen molar-refractivity contribution in [3.63, 3.8) is 0 Å². The minimum absolute atomic E-state index is 0.326. The molecule has 2 aliphatic heterocycles. The number of H-pyrrole nitrogens is 1. The maximum absolute atomic E-state index is 6.01. The van der Waals surface area contributed by atoms with Crippen LogP contribution in [0.5, 0.6) is 0 Å². The SMILES string of the molecule is c1ccc(CN2CCO[C@H]3CN(Cc4ncc[nH]4)C[C@H]32)cc1. The number of aromatic amines is 1. The van der Waals surface area contributed by atoms with Crippen molar-refractivity contribution in [1.29, 1.82) is 0 Å². The second-order valence-corrected chi connectivity index (χ2v) is 6.16. The fourth-order valence-corrected chi connectivity index (χ4v) is 3.57. The van der Waals surface area contributed by atoms with Crippen LogP contribution in [-0.2, 0) is 17.8 Å². The second-order valence-electron chi connectivity index (χ2n) is 6.16. The van der Waals surface area contributed by atoms with Gasteiger partial charge in [-0.2, -0.15) is 0 Å². The average Bonchev–Trinajstić information content (AvgIpc) is 3.18. The largest absolute Gasteiger partial charge is 0.374 e. The molecule has 0 aliphatic carbocycles. The van der Waals surface area contributed by atoms with Crippen molar-refractivity contribution >= 4 is 0 Å². The zero-order valence-corrected chi connectivity index (χ0v) is 12.7. The van der Waals surface area contributed by atoms with Gasteiger partial charge in [-0.1, -0.05) is 30.3 Å². The summed E-state index contributed by atoms with van der Waals surface area (Å²) in [5.74, 6) is 1.04. The highest BCUT2D eigenvalue weighted by Crippen LogP contribution is 2.25. The van der Waals surface area contributed by atoms with Crippen LogP contribution in [0.3, 0.4) is 0 Å². The highest BCUT2D eigenvalue weighted by Gasteiger charge is 2.39. The molecule has 2 aromatic rings. The summed E-state index contributed by atoms with van der Waals surface area (Å²) < 4.78 is 6.01. The molecule has 0 spiro atoms. The lowest BCUT2D eigenvalue weighted by Gasteiger charge is -2.37. The van der Waals surface area contributed by atoms with Gasteiger partial charge < -0.3 is 9.72 Å². The maximum Gasteiger partial charge on any atom is 0.120 e. The molecule has 22 heavy (non-hydrogen) atoms. The number of hydrogen-bond acceptors (Lipinski definition) is 4. The van der Waals surface area contributed by atoms with Gasteiger partial charge >= 0.3 is 0 Å². The lowest BCUT2D eigenvalue weighted by molar-refractivity contribution is -0.0504. The molecule has 0 amide bonds. The standard InChI is InChI=1S/C17H22N4O/c1-2-4-14(5-3-1)10-21-8-9-22-16-12-20(11-15(16)21)13-17-18-6-7-19-17/h1-7,15-16H,8-13H2,(H,18,19)/t15-,16+/m1/s1. The van der Waals surface area contributed by atoms with Gasteiger partial charge in [-0.25, -0.2) is 4.98 Å². The monoisotopic (exact) mass is 298 g/mol. The molecular weight excluding hydrogens is 276 g/mol. The van der Waals surface area contributed by atoms with E-state index in [4.69, 9.17) is 4.74 Å². The number of benzene rings is 1. The molecule has 2 aliphatic rings. The molecule has 5 heteroatoms. The van der Waals surface area contributed by atoms with Gasteiger partial charge in [0.2, 0.25) is 0 Å². The Morgan fingerprint density at radius 1 is 1.18 bits per heavy atom. The van der Waals surface area contributed by atoms with Gasteiger partial charge in [-0.05, 0) is 5.56 Å². The van der Waals surface area contributed by atoms with Crippen LogP contribution >= 0.6 is 0 Å². The van der Waals surface area contributed by atoms with Crippen molar-refractivity contribution in [1.82, 2.24) is 19.8 Å². The fourth-order valence-electron chi connectivity index (χ4n) is 3.57. The first kappa shape index (κ1) is 13.9. The van der Waals surface area contributed by atoms with Crippen molar-refractivity contribution in [3.05, 3.63) is 54.1 Å². The van der Waals surface area contributed by atoms with Crippen molar-refractivity contribution in [3.8, 4) is 0 Å². The number of nitrogens with zero attached hydrogens (tertiary/aromatic N) is 3. The van der Waals surface area contributed by atoms with Gasteiger partial charge in [0.25, 0.3) is 0 Å².